The zero-order valence-corrected chi connectivity index (χ0v) is 10.7. The van der Waals surface area contributed by atoms with Crippen LogP contribution in [0.15, 0.2) is 0 Å². The monoisotopic (exact) mass is 251 g/mol. The fourth-order valence-electron chi connectivity index (χ4n) is 2.89. The van der Waals surface area contributed by atoms with Crippen molar-refractivity contribution < 1.29 is 9.90 Å². The molecule has 0 aromatic rings. The Kier molecular flexibility index (Phi) is 4.20. The first-order valence-electron chi connectivity index (χ1n) is 6.76. The number of rotatable bonds is 3. The van der Waals surface area contributed by atoms with Gasteiger partial charge in [0, 0.05) is 13.1 Å². The zero-order chi connectivity index (χ0) is 13.0. The Bertz CT molecular complexity index is 345. The predicted octanol–water partition coefficient (Wildman–Crippen LogP) is 0.396. The molecule has 1 atom stereocenters. The largest absolute Gasteiger partial charge is 0.392 e. The third kappa shape index (κ3) is 3.21. The van der Waals surface area contributed by atoms with Crippen molar-refractivity contribution in [1.82, 2.24) is 10.2 Å². The number of aliphatic hydroxyl groups is 1. The highest BCUT2D eigenvalue weighted by Gasteiger charge is 2.34. The average molecular weight is 251 g/mol. The van der Waals surface area contributed by atoms with Crippen molar-refractivity contribution in [3.05, 3.63) is 0 Å². The Labute approximate surface area is 108 Å². The van der Waals surface area contributed by atoms with Crippen LogP contribution in [0.3, 0.4) is 0 Å². The Balaban J connectivity index is 1.84. The van der Waals surface area contributed by atoms with E-state index in [0.29, 0.717) is 13.1 Å². The van der Waals surface area contributed by atoms with Gasteiger partial charge in [-0.3, -0.25) is 9.69 Å². The summed E-state index contributed by atoms with van der Waals surface area (Å²) in [5, 5.41) is 21.6. The smallest absolute Gasteiger partial charge is 0.235 e. The number of likely N-dealkylation sites (tertiary alicyclic amines) is 1. The molecule has 2 N–H and O–H groups in total. The van der Waals surface area contributed by atoms with Gasteiger partial charge < -0.3 is 10.4 Å². The second kappa shape index (κ2) is 5.68. The zero-order valence-electron chi connectivity index (χ0n) is 10.7. The first kappa shape index (κ1) is 13.3. The minimum atomic E-state index is -0.645. The maximum absolute atomic E-state index is 12.0. The SMILES string of the molecule is N#CC1(NC(=O)CN2CC[C@@H](O)C2)CCCCC1. The molecule has 5 heteroatoms. The molecule has 0 radical (unpaired) electrons. The van der Waals surface area contributed by atoms with Gasteiger partial charge in [-0.25, -0.2) is 0 Å². The summed E-state index contributed by atoms with van der Waals surface area (Å²) in [6.45, 7) is 1.61. The van der Waals surface area contributed by atoms with E-state index in [1.165, 1.54) is 0 Å². The Morgan fingerprint density at radius 3 is 2.72 bits per heavy atom. The van der Waals surface area contributed by atoms with E-state index in [1.54, 1.807) is 0 Å². The normalized spacial score (nSPS) is 27.7. The van der Waals surface area contributed by atoms with Crippen molar-refractivity contribution in [1.29, 1.82) is 5.26 Å². The van der Waals surface area contributed by atoms with Gasteiger partial charge in [-0.1, -0.05) is 19.3 Å². The molecule has 1 saturated carbocycles. The summed E-state index contributed by atoms with van der Waals surface area (Å²) in [5.41, 5.74) is -0.645. The highest BCUT2D eigenvalue weighted by Crippen LogP contribution is 2.27. The molecule has 1 saturated heterocycles. The molecular weight excluding hydrogens is 230 g/mol. The minimum Gasteiger partial charge on any atom is -0.392 e. The molecule has 0 bridgehead atoms. The molecular formula is C13H21N3O2. The number of hydrogen-bond acceptors (Lipinski definition) is 4. The van der Waals surface area contributed by atoms with Gasteiger partial charge in [0.25, 0.3) is 0 Å². The van der Waals surface area contributed by atoms with Crippen LogP contribution in [0.25, 0.3) is 0 Å². The summed E-state index contributed by atoms with van der Waals surface area (Å²) in [6.07, 6.45) is 5.12. The lowest BCUT2D eigenvalue weighted by molar-refractivity contribution is -0.123. The molecule has 0 spiro atoms. The van der Waals surface area contributed by atoms with E-state index in [9.17, 15) is 15.2 Å². The van der Waals surface area contributed by atoms with Crippen LogP contribution >= 0.6 is 0 Å². The summed E-state index contributed by atoms with van der Waals surface area (Å²) in [6, 6.07) is 2.28. The van der Waals surface area contributed by atoms with E-state index in [-0.39, 0.29) is 12.0 Å². The van der Waals surface area contributed by atoms with Crippen LogP contribution in [-0.2, 0) is 4.79 Å². The predicted molar refractivity (Wildman–Crippen MR) is 66.6 cm³/mol. The summed E-state index contributed by atoms with van der Waals surface area (Å²) in [7, 11) is 0. The van der Waals surface area contributed by atoms with Crippen molar-refractivity contribution in [2.75, 3.05) is 19.6 Å². The summed E-state index contributed by atoms with van der Waals surface area (Å²) in [5.74, 6) is -0.0902. The second-order valence-corrected chi connectivity index (χ2v) is 5.48. The number of nitrogens with one attached hydrogen (secondary N) is 1. The molecule has 1 aliphatic carbocycles. The topological polar surface area (TPSA) is 76.4 Å². The number of hydrogen-bond donors (Lipinski definition) is 2. The molecule has 1 amide bonds. The lowest BCUT2D eigenvalue weighted by Crippen LogP contribution is -2.51. The summed E-state index contributed by atoms with van der Waals surface area (Å²) in [4.78, 5) is 13.9. The average Bonchev–Trinajstić information content (AvgIpc) is 2.75. The maximum atomic E-state index is 12.0. The third-order valence-electron chi connectivity index (χ3n) is 3.91. The van der Waals surface area contributed by atoms with E-state index in [4.69, 9.17) is 0 Å². The number of carbonyl (C=O) groups is 1. The Morgan fingerprint density at radius 1 is 1.44 bits per heavy atom. The second-order valence-electron chi connectivity index (χ2n) is 5.48. The van der Waals surface area contributed by atoms with Gasteiger partial charge in [0.05, 0.1) is 18.7 Å². The van der Waals surface area contributed by atoms with Gasteiger partial charge >= 0.3 is 0 Å². The molecule has 100 valence electrons. The van der Waals surface area contributed by atoms with E-state index in [2.05, 4.69) is 11.4 Å². The number of carbonyl (C=O) groups excluding carboxylic acids is 1. The van der Waals surface area contributed by atoms with Crippen molar-refractivity contribution in [3.8, 4) is 6.07 Å². The van der Waals surface area contributed by atoms with E-state index in [0.717, 1.165) is 45.1 Å². The number of nitrogens with zero attached hydrogens (tertiary/aromatic N) is 2. The molecule has 2 fully saturated rings. The first-order chi connectivity index (χ1) is 8.63. The highest BCUT2D eigenvalue weighted by atomic mass is 16.3. The minimum absolute atomic E-state index is 0.0902. The number of nitriles is 1. The van der Waals surface area contributed by atoms with Crippen LogP contribution < -0.4 is 5.32 Å². The van der Waals surface area contributed by atoms with Gasteiger partial charge in [-0.15, -0.1) is 0 Å². The van der Waals surface area contributed by atoms with Gasteiger partial charge in [-0.05, 0) is 19.3 Å². The van der Waals surface area contributed by atoms with Gasteiger partial charge in [0.15, 0.2) is 0 Å². The van der Waals surface area contributed by atoms with Gasteiger partial charge in [0.2, 0.25) is 5.91 Å². The Morgan fingerprint density at radius 2 is 2.17 bits per heavy atom. The first-order valence-corrected chi connectivity index (χ1v) is 6.76. The van der Waals surface area contributed by atoms with Crippen molar-refractivity contribution in [2.24, 2.45) is 0 Å². The Hall–Kier alpha value is -1.12. The quantitative estimate of drug-likeness (QED) is 0.761. The molecule has 0 aromatic carbocycles. The van der Waals surface area contributed by atoms with Crippen LogP contribution in [0.2, 0.25) is 0 Å². The fourth-order valence-corrected chi connectivity index (χ4v) is 2.89. The third-order valence-corrected chi connectivity index (χ3v) is 3.91. The van der Waals surface area contributed by atoms with Crippen LogP contribution in [-0.4, -0.2) is 47.2 Å². The standard InChI is InChI=1S/C13H21N3O2/c14-10-13(5-2-1-3-6-13)15-12(18)9-16-7-4-11(17)8-16/h11,17H,1-9H2,(H,15,18)/t11-/m1/s1. The van der Waals surface area contributed by atoms with Gasteiger partial charge in [0.1, 0.15) is 5.54 Å². The molecule has 18 heavy (non-hydrogen) atoms. The van der Waals surface area contributed by atoms with Crippen molar-refractivity contribution >= 4 is 5.91 Å². The summed E-state index contributed by atoms with van der Waals surface area (Å²) >= 11 is 0. The van der Waals surface area contributed by atoms with Crippen LogP contribution in [0.1, 0.15) is 38.5 Å². The molecule has 2 rings (SSSR count). The number of aliphatic hydroxyl groups excluding tert-OH is 1. The van der Waals surface area contributed by atoms with E-state index in [1.807, 2.05) is 4.90 Å². The number of β-amino-alcohol motifs (C(OH)–C–C–N with tert-alkyl or cyclic N) is 1. The van der Waals surface area contributed by atoms with Crippen LogP contribution in [0.5, 0.6) is 0 Å². The summed E-state index contributed by atoms with van der Waals surface area (Å²) < 4.78 is 0. The molecule has 0 unspecified atom stereocenters. The lowest BCUT2D eigenvalue weighted by Gasteiger charge is -2.32. The van der Waals surface area contributed by atoms with Crippen molar-refractivity contribution in [3.63, 3.8) is 0 Å². The highest BCUT2D eigenvalue weighted by molar-refractivity contribution is 5.79. The fraction of sp³-hybridized carbons (Fsp3) is 0.846. The van der Waals surface area contributed by atoms with E-state index >= 15 is 0 Å². The maximum Gasteiger partial charge on any atom is 0.235 e. The van der Waals surface area contributed by atoms with E-state index < -0.39 is 5.54 Å². The molecule has 0 aromatic heterocycles. The molecule has 1 aliphatic heterocycles. The molecule has 5 nitrogen and oxygen atoms in total. The molecule has 2 aliphatic rings. The van der Waals surface area contributed by atoms with Gasteiger partial charge in [-0.2, -0.15) is 5.26 Å². The lowest BCUT2D eigenvalue weighted by atomic mass is 9.83. The number of amides is 1. The van der Waals surface area contributed by atoms with Crippen LogP contribution in [0.4, 0.5) is 0 Å². The molecule has 1 heterocycles. The van der Waals surface area contributed by atoms with Crippen molar-refractivity contribution in [2.45, 2.75) is 50.2 Å². The van der Waals surface area contributed by atoms with Crippen LogP contribution in [0, 0.1) is 11.3 Å².